The lowest BCUT2D eigenvalue weighted by atomic mass is 9.96. The number of urea groups is 1. The molecule has 114 valence electrons. The molecular weight excluding hydrogens is 258 g/mol. The van der Waals surface area contributed by atoms with Crippen LogP contribution in [0.4, 0.5) is 4.79 Å². The van der Waals surface area contributed by atoms with Crippen LogP contribution in [0.5, 0.6) is 0 Å². The molecule has 6 nitrogen and oxygen atoms in total. The summed E-state index contributed by atoms with van der Waals surface area (Å²) in [6.07, 6.45) is 3.70. The Kier molecular flexibility index (Phi) is 5.23. The third-order valence-corrected chi connectivity index (χ3v) is 4.54. The van der Waals surface area contributed by atoms with Crippen molar-refractivity contribution in [3.05, 3.63) is 0 Å². The molecule has 2 rings (SSSR count). The Bertz CT molecular complexity index is 362. The van der Waals surface area contributed by atoms with Crippen molar-refractivity contribution in [2.24, 2.45) is 17.8 Å². The predicted octanol–water partition coefficient (Wildman–Crippen LogP) is 0.738. The first-order valence-electron chi connectivity index (χ1n) is 7.49. The Morgan fingerprint density at radius 1 is 1.20 bits per heavy atom. The second-order valence-corrected chi connectivity index (χ2v) is 6.14. The molecule has 3 unspecified atom stereocenters. The number of hydrogen-bond acceptors (Lipinski definition) is 3. The van der Waals surface area contributed by atoms with E-state index in [1.807, 2.05) is 0 Å². The number of nitrogens with one attached hydrogen (secondary N) is 2. The summed E-state index contributed by atoms with van der Waals surface area (Å²) in [7, 11) is 2.09. The van der Waals surface area contributed by atoms with Gasteiger partial charge in [-0.25, -0.2) is 4.79 Å². The first kappa shape index (κ1) is 15.1. The lowest BCUT2D eigenvalue weighted by molar-refractivity contribution is -0.142. The Balaban J connectivity index is 1.63. The maximum Gasteiger partial charge on any atom is 0.314 e. The van der Waals surface area contributed by atoms with Crippen molar-refractivity contribution in [1.29, 1.82) is 0 Å². The van der Waals surface area contributed by atoms with Gasteiger partial charge in [0.15, 0.2) is 0 Å². The summed E-state index contributed by atoms with van der Waals surface area (Å²) in [4.78, 5) is 25.0. The third-order valence-electron chi connectivity index (χ3n) is 4.54. The van der Waals surface area contributed by atoms with Crippen molar-refractivity contribution in [1.82, 2.24) is 15.5 Å². The van der Waals surface area contributed by atoms with Gasteiger partial charge in [0.25, 0.3) is 0 Å². The van der Waals surface area contributed by atoms with Gasteiger partial charge in [-0.15, -0.1) is 0 Å². The number of carbonyl (C=O) groups is 2. The lowest BCUT2D eigenvalue weighted by Gasteiger charge is -2.17. The zero-order valence-electron chi connectivity index (χ0n) is 12.1. The Morgan fingerprint density at radius 3 is 2.60 bits per heavy atom. The summed E-state index contributed by atoms with van der Waals surface area (Å²) in [5.74, 6) is -0.414. The highest BCUT2D eigenvalue weighted by Crippen LogP contribution is 2.31. The van der Waals surface area contributed by atoms with Crippen LogP contribution in [0.15, 0.2) is 0 Å². The number of carboxylic acid groups (broad SMARTS) is 1. The average Bonchev–Trinajstić information content (AvgIpc) is 3.02. The molecule has 3 N–H and O–H groups in total. The van der Waals surface area contributed by atoms with Crippen LogP contribution < -0.4 is 10.6 Å². The number of carboxylic acids is 1. The van der Waals surface area contributed by atoms with E-state index in [-0.39, 0.29) is 17.9 Å². The second kappa shape index (κ2) is 6.92. The molecule has 6 heteroatoms. The lowest BCUT2D eigenvalue weighted by Crippen LogP contribution is -2.41. The van der Waals surface area contributed by atoms with E-state index in [2.05, 4.69) is 22.6 Å². The van der Waals surface area contributed by atoms with E-state index in [1.54, 1.807) is 0 Å². The van der Waals surface area contributed by atoms with E-state index in [4.69, 9.17) is 5.11 Å². The van der Waals surface area contributed by atoms with E-state index in [1.165, 1.54) is 0 Å². The minimum absolute atomic E-state index is 0.0795. The second-order valence-electron chi connectivity index (χ2n) is 6.14. The highest BCUT2D eigenvalue weighted by Gasteiger charge is 2.32. The van der Waals surface area contributed by atoms with E-state index in [9.17, 15) is 9.59 Å². The molecule has 0 aromatic rings. The van der Waals surface area contributed by atoms with Crippen LogP contribution in [0, 0.1) is 17.8 Å². The zero-order valence-corrected chi connectivity index (χ0v) is 12.1. The van der Waals surface area contributed by atoms with Gasteiger partial charge in [-0.3, -0.25) is 4.79 Å². The fourth-order valence-corrected chi connectivity index (χ4v) is 3.32. The first-order valence-corrected chi connectivity index (χ1v) is 7.49. The minimum Gasteiger partial charge on any atom is -0.481 e. The van der Waals surface area contributed by atoms with E-state index in [0.717, 1.165) is 38.8 Å². The molecule has 0 aromatic carbocycles. The monoisotopic (exact) mass is 283 g/mol. The normalized spacial score (nSPS) is 30.4. The Hall–Kier alpha value is -1.30. The molecule has 1 saturated carbocycles. The van der Waals surface area contributed by atoms with Crippen LogP contribution >= 0.6 is 0 Å². The number of aliphatic carboxylic acids is 1. The van der Waals surface area contributed by atoms with Crippen molar-refractivity contribution in [3.63, 3.8) is 0 Å². The summed E-state index contributed by atoms with van der Waals surface area (Å²) in [5.41, 5.74) is 0. The molecule has 0 aromatic heterocycles. The number of carbonyl (C=O) groups excluding carboxylic acids is 1. The summed E-state index contributed by atoms with van der Waals surface area (Å²) in [6, 6.07) is -0.171. The van der Waals surface area contributed by atoms with Gasteiger partial charge in [-0.1, -0.05) is 6.42 Å². The SMILES string of the molecule is CN1CCC(CNC(=O)NCC2CCCC2C(=O)O)C1. The molecular formula is C14H25N3O3. The van der Waals surface area contributed by atoms with Crippen LogP contribution in [0.1, 0.15) is 25.7 Å². The summed E-state index contributed by atoms with van der Waals surface area (Å²) in [5, 5.41) is 14.8. The molecule has 1 saturated heterocycles. The zero-order chi connectivity index (χ0) is 14.5. The van der Waals surface area contributed by atoms with Gasteiger partial charge in [0, 0.05) is 19.6 Å². The van der Waals surface area contributed by atoms with E-state index < -0.39 is 5.97 Å². The fourth-order valence-electron chi connectivity index (χ4n) is 3.32. The summed E-state index contributed by atoms with van der Waals surface area (Å²) < 4.78 is 0. The maximum absolute atomic E-state index is 11.7. The fraction of sp³-hybridized carbons (Fsp3) is 0.857. The van der Waals surface area contributed by atoms with Crippen LogP contribution in [-0.2, 0) is 4.79 Å². The van der Waals surface area contributed by atoms with Gasteiger partial charge >= 0.3 is 12.0 Å². The predicted molar refractivity (Wildman–Crippen MR) is 75.5 cm³/mol. The standard InChI is InChI=1S/C14H25N3O3/c1-17-6-5-10(9-17)7-15-14(20)16-8-11-3-2-4-12(11)13(18)19/h10-12H,2-9H2,1H3,(H,18,19)(H2,15,16,20). The number of amides is 2. The van der Waals surface area contributed by atoms with Crippen LogP contribution in [0.25, 0.3) is 0 Å². The highest BCUT2D eigenvalue weighted by molar-refractivity contribution is 5.74. The smallest absolute Gasteiger partial charge is 0.314 e. The highest BCUT2D eigenvalue weighted by atomic mass is 16.4. The van der Waals surface area contributed by atoms with E-state index in [0.29, 0.717) is 19.0 Å². The van der Waals surface area contributed by atoms with Crippen molar-refractivity contribution in [2.45, 2.75) is 25.7 Å². The van der Waals surface area contributed by atoms with Gasteiger partial charge in [0.2, 0.25) is 0 Å². The molecule has 2 aliphatic rings. The van der Waals surface area contributed by atoms with Gasteiger partial charge in [-0.05, 0) is 44.7 Å². The van der Waals surface area contributed by atoms with Crippen molar-refractivity contribution in [3.8, 4) is 0 Å². The molecule has 0 spiro atoms. The van der Waals surface area contributed by atoms with Crippen molar-refractivity contribution in [2.75, 3.05) is 33.2 Å². The summed E-state index contributed by atoms with van der Waals surface area (Å²) >= 11 is 0. The molecule has 0 radical (unpaired) electrons. The maximum atomic E-state index is 11.7. The quantitative estimate of drug-likeness (QED) is 0.695. The Morgan fingerprint density at radius 2 is 1.95 bits per heavy atom. The molecule has 20 heavy (non-hydrogen) atoms. The number of rotatable bonds is 5. The largest absolute Gasteiger partial charge is 0.481 e. The molecule has 2 fully saturated rings. The topological polar surface area (TPSA) is 81.7 Å². The third kappa shape index (κ3) is 4.10. The molecule has 0 bridgehead atoms. The molecule has 3 atom stereocenters. The minimum atomic E-state index is -0.733. The van der Waals surface area contributed by atoms with Crippen LogP contribution in [0.3, 0.4) is 0 Å². The number of likely N-dealkylation sites (tertiary alicyclic amines) is 1. The van der Waals surface area contributed by atoms with Gasteiger partial charge < -0.3 is 20.6 Å². The van der Waals surface area contributed by atoms with Crippen molar-refractivity contribution < 1.29 is 14.7 Å². The van der Waals surface area contributed by atoms with Gasteiger partial charge in [0.1, 0.15) is 0 Å². The van der Waals surface area contributed by atoms with Gasteiger partial charge in [-0.2, -0.15) is 0 Å². The van der Waals surface area contributed by atoms with Crippen LogP contribution in [0.2, 0.25) is 0 Å². The van der Waals surface area contributed by atoms with Crippen molar-refractivity contribution >= 4 is 12.0 Å². The van der Waals surface area contributed by atoms with Crippen LogP contribution in [-0.4, -0.2) is 55.2 Å². The number of nitrogens with zero attached hydrogens (tertiary/aromatic N) is 1. The van der Waals surface area contributed by atoms with E-state index >= 15 is 0 Å². The average molecular weight is 283 g/mol. The molecule has 2 amide bonds. The number of hydrogen-bond donors (Lipinski definition) is 3. The first-order chi connectivity index (χ1) is 9.56. The molecule has 1 heterocycles. The Labute approximate surface area is 119 Å². The van der Waals surface area contributed by atoms with Gasteiger partial charge in [0.05, 0.1) is 5.92 Å². The molecule has 1 aliphatic carbocycles. The molecule has 1 aliphatic heterocycles. The summed E-state index contributed by atoms with van der Waals surface area (Å²) in [6.45, 7) is 3.29.